The topological polar surface area (TPSA) is 54.4 Å². The van der Waals surface area contributed by atoms with Crippen LogP contribution in [0.15, 0.2) is 0 Å². The zero-order chi connectivity index (χ0) is 8.69. The van der Waals surface area contributed by atoms with E-state index >= 15 is 0 Å². The number of aliphatic hydroxyl groups is 1. The van der Waals surface area contributed by atoms with Gasteiger partial charge >= 0.3 is 0 Å². The van der Waals surface area contributed by atoms with E-state index in [0.717, 1.165) is 0 Å². The van der Waals surface area contributed by atoms with Crippen molar-refractivity contribution in [2.45, 2.75) is 19.3 Å². The molecule has 11 heavy (non-hydrogen) atoms. The Morgan fingerprint density at radius 1 is 1.18 bits per heavy atom. The van der Waals surface area contributed by atoms with Crippen molar-refractivity contribution in [3.63, 3.8) is 0 Å². The van der Waals surface area contributed by atoms with E-state index in [2.05, 4.69) is 0 Å². The van der Waals surface area contributed by atoms with Crippen molar-refractivity contribution >= 4 is 23.2 Å². The number of Topliss-reactive ketones (excluding diaryl/α,β-unsaturated/α-hetero) is 2. The number of hydrogen-bond donors (Lipinski definition) is 1. The van der Waals surface area contributed by atoms with Crippen molar-refractivity contribution in [2.24, 2.45) is 0 Å². The highest BCUT2D eigenvalue weighted by Crippen LogP contribution is 1.97. The van der Waals surface area contributed by atoms with Crippen LogP contribution in [0.25, 0.3) is 0 Å². The van der Waals surface area contributed by atoms with E-state index in [1.54, 1.807) is 0 Å². The van der Waals surface area contributed by atoms with Gasteiger partial charge in [0, 0.05) is 13.0 Å². The van der Waals surface area contributed by atoms with Crippen LogP contribution < -0.4 is 0 Å². The molecule has 0 unspecified atom stereocenters. The number of carbonyl (C=O) groups is 2. The van der Waals surface area contributed by atoms with Crippen LogP contribution in [0.2, 0.25) is 0 Å². The third-order valence-electron chi connectivity index (χ3n) is 1.24. The molecule has 1 N–H and O–H groups in total. The summed E-state index contributed by atoms with van der Waals surface area (Å²) in [5, 5.41) is 8.35. The molecule has 0 atom stereocenters. The molecular formula is C7H11ClO3. The van der Waals surface area contributed by atoms with Gasteiger partial charge in [0.1, 0.15) is 0 Å². The molecule has 0 fully saturated rings. The van der Waals surface area contributed by atoms with Crippen LogP contribution >= 0.6 is 11.6 Å². The predicted molar refractivity (Wildman–Crippen MR) is 41.7 cm³/mol. The SMILES string of the molecule is O=C(CCl)C(=O)CCCCO. The molecule has 0 saturated heterocycles. The minimum Gasteiger partial charge on any atom is -0.396 e. The van der Waals surface area contributed by atoms with Crippen molar-refractivity contribution in [2.75, 3.05) is 12.5 Å². The summed E-state index contributed by atoms with van der Waals surface area (Å²) in [7, 11) is 0. The fourth-order valence-corrected chi connectivity index (χ4v) is 0.760. The predicted octanol–water partition coefficient (Wildman–Crippen LogP) is 0.526. The summed E-state index contributed by atoms with van der Waals surface area (Å²) in [4.78, 5) is 21.3. The van der Waals surface area contributed by atoms with Gasteiger partial charge in [-0.2, -0.15) is 0 Å². The van der Waals surface area contributed by atoms with E-state index in [0.29, 0.717) is 12.8 Å². The Balaban J connectivity index is 3.44. The fourth-order valence-electron chi connectivity index (χ4n) is 0.611. The maximum atomic E-state index is 10.7. The minimum absolute atomic E-state index is 0.0579. The van der Waals surface area contributed by atoms with Gasteiger partial charge in [-0.25, -0.2) is 0 Å². The number of unbranched alkanes of at least 4 members (excludes halogenated alkanes) is 1. The first-order valence-electron chi connectivity index (χ1n) is 3.45. The van der Waals surface area contributed by atoms with E-state index in [9.17, 15) is 9.59 Å². The van der Waals surface area contributed by atoms with Crippen LogP contribution in [0.1, 0.15) is 19.3 Å². The van der Waals surface area contributed by atoms with E-state index < -0.39 is 11.6 Å². The molecule has 0 aromatic rings. The van der Waals surface area contributed by atoms with Crippen molar-refractivity contribution in [3.8, 4) is 0 Å². The summed E-state index contributed by atoms with van der Waals surface area (Å²) >= 11 is 5.14. The number of ketones is 2. The smallest absolute Gasteiger partial charge is 0.213 e. The molecule has 0 radical (unpaired) electrons. The van der Waals surface area contributed by atoms with Gasteiger partial charge < -0.3 is 5.11 Å². The van der Waals surface area contributed by atoms with Crippen LogP contribution in [-0.2, 0) is 9.59 Å². The van der Waals surface area contributed by atoms with Crippen LogP contribution in [0.4, 0.5) is 0 Å². The summed E-state index contributed by atoms with van der Waals surface area (Å²) in [6, 6.07) is 0. The number of hydrogen-bond acceptors (Lipinski definition) is 3. The quantitative estimate of drug-likeness (QED) is 0.367. The summed E-state index contributed by atoms with van der Waals surface area (Å²) in [5.41, 5.74) is 0. The van der Waals surface area contributed by atoms with Gasteiger partial charge in [-0.15, -0.1) is 11.6 Å². The van der Waals surface area contributed by atoms with Crippen molar-refractivity contribution in [1.82, 2.24) is 0 Å². The lowest BCUT2D eigenvalue weighted by molar-refractivity contribution is -0.135. The molecule has 0 aliphatic rings. The molecule has 0 rings (SSSR count). The Bertz CT molecular complexity index is 145. The average Bonchev–Trinajstić information content (AvgIpc) is 2.03. The Hall–Kier alpha value is -0.410. The number of aliphatic hydroxyl groups excluding tert-OH is 1. The summed E-state index contributed by atoms with van der Waals surface area (Å²) < 4.78 is 0. The first-order valence-corrected chi connectivity index (χ1v) is 3.98. The first kappa shape index (κ1) is 10.6. The largest absolute Gasteiger partial charge is 0.396 e. The standard InChI is InChI=1S/C7H11ClO3/c8-5-7(11)6(10)3-1-2-4-9/h9H,1-5H2. The lowest BCUT2D eigenvalue weighted by Crippen LogP contribution is -2.14. The van der Waals surface area contributed by atoms with Gasteiger partial charge in [0.15, 0.2) is 5.78 Å². The molecule has 3 nitrogen and oxygen atoms in total. The maximum absolute atomic E-state index is 10.7. The Morgan fingerprint density at radius 3 is 2.27 bits per heavy atom. The van der Waals surface area contributed by atoms with E-state index in [1.165, 1.54) is 0 Å². The van der Waals surface area contributed by atoms with Crippen LogP contribution in [0.3, 0.4) is 0 Å². The van der Waals surface area contributed by atoms with E-state index in [1.807, 2.05) is 0 Å². The van der Waals surface area contributed by atoms with Gasteiger partial charge in [-0.1, -0.05) is 0 Å². The first-order chi connectivity index (χ1) is 5.22. The lowest BCUT2D eigenvalue weighted by atomic mass is 10.1. The highest BCUT2D eigenvalue weighted by atomic mass is 35.5. The number of halogens is 1. The monoisotopic (exact) mass is 178 g/mol. The van der Waals surface area contributed by atoms with Gasteiger partial charge in [-0.3, -0.25) is 9.59 Å². The second-order valence-corrected chi connectivity index (χ2v) is 2.43. The van der Waals surface area contributed by atoms with Crippen LogP contribution in [0.5, 0.6) is 0 Å². The van der Waals surface area contributed by atoms with E-state index in [4.69, 9.17) is 16.7 Å². The lowest BCUT2D eigenvalue weighted by Gasteiger charge is -1.94. The third kappa shape index (κ3) is 4.93. The summed E-state index contributed by atoms with van der Waals surface area (Å²) in [6.45, 7) is 0.0579. The maximum Gasteiger partial charge on any atom is 0.213 e. The summed E-state index contributed by atoms with van der Waals surface area (Å²) in [5.74, 6) is -1.21. The molecule has 0 aromatic carbocycles. The second-order valence-electron chi connectivity index (χ2n) is 2.16. The molecule has 0 saturated carbocycles. The molecule has 64 valence electrons. The van der Waals surface area contributed by atoms with Gasteiger partial charge in [0.25, 0.3) is 0 Å². The number of carbonyl (C=O) groups excluding carboxylic acids is 2. The van der Waals surface area contributed by atoms with Crippen molar-refractivity contribution in [3.05, 3.63) is 0 Å². The third-order valence-corrected chi connectivity index (χ3v) is 1.49. The molecule has 0 heterocycles. The second kappa shape index (κ2) is 6.31. The molecule has 0 aromatic heterocycles. The zero-order valence-corrected chi connectivity index (χ0v) is 6.93. The zero-order valence-electron chi connectivity index (χ0n) is 6.18. The summed E-state index contributed by atoms with van der Waals surface area (Å²) in [6.07, 6.45) is 1.31. The molecule has 0 spiro atoms. The molecular weight excluding hydrogens is 168 g/mol. The number of rotatable bonds is 6. The molecule has 0 aliphatic heterocycles. The molecule has 0 bridgehead atoms. The van der Waals surface area contributed by atoms with Gasteiger partial charge in [0.05, 0.1) is 5.88 Å². The minimum atomic E-state index is -0.537. The van der Waals surface area contributed by atoms with Crippen molar-refractivity contribution < 1.29 is 14.7 Å². The fraction of sp³-hybridized carbons (Fsp3) is 0.714. The molecule has 0 amide bonds. The Kier molecular flexibility index (Phi) is 6.07. The Labute approximate surface area is 70.3 Å². The van der Waals surface area contributed by atoms with Gasteiger partial charge in [-0.05, 0) is 12.8 Å². The molecule has 4 heteroatoms. The highest BCUT2D eigenvalue weighted by molar-refractivity contribution is 6.47. The van der Waals surface area contributed by atoms with Gasteiger partial charge in [0.2, 0.25) is 5.78 Å². The Morgan fingerprint density at radius 2 is 1.82 bits per heavy atom. The van der Waals surface area contributed by atoms with Crippen molar-refractivity contribution in [1.29, 1.82) is 0 Å². The van der Waals surface area contributed by atoms with E-state index in [-0.39, 0.29) is 18.9 Å². The van der Waals surface area contributed by atoms with Crippen LogP contribution in [-0.4, -0.2) is 29.2 Å². The number of alkyl halides is 1. The molecule has 0 aliphatic carbocycles. The van der Waals surface area contributed by atoms with Crippen LogP contribution in [0, 0.1) is 0 Å². The highest BCUT2D eigenvalue weighted by Gasteiger charge is 2.10. The average molecular weight is 179 g/mol. The normalized spacial score (nSPS) is 9.64.